The smallest absolute Gasteiger partial charge is 0.255 e. The van der Waals surface area contributed by atoms with Crippen LogP contribution in [0.3, 0.4) is 0 Å². The second kappa shape index (κ2) is 7.95. The largest absolute Gasteiger partial charge is 0.352 e. The lowest BCUT2D eigenvalue weighted by Gasteiger charge is -2.27. The Balaban J connectivity index is 1.58. The van der Waals surface area contributed by atoms with Crippen LogP contribution in [0, 0.1) is 11.3 Å². The summed E-state index contributed by atoms with van der Waals surface area (Å²) in [7, 11) is 2.13. The number of pyridine rings is 1. The molecule has 25 heavy (non-hydrogen) atoms. The zero-order chi connectivity index (χ0) is 17.6. The second-order valence-corrected chi connectivity index (χ2v) is 6.53. The Morgan fingerprint density at radius 3 is 3.04 bits per heavy atom. The summed E-state index contributed by atoms with van der Waals surface area (Å²) in [5, 5.41) is 8.89. The van der Waals surface area contributed by atoms with Gasteiger partial charge in [-0.1, -0.05) is 6.07 Å². The van der Waals surface area contributed by atoms with Gasteiger partial charge in [-0.15, -0.1) is 0 Å². The van der Waals surface area contributed by atoms with Crippen LogP contribution in [0.5, 0.6) is 0 Å². The molecule has 0 bridgehead atoms. The molecule has 0 radical (unpaired) electrons. The molecule has 1 amide bonds. The molecule has 2 aromatic rings. The summed E-state index contributed by atoms with van der Waals surface area (Å²) >= 11 is 0. The van der Waals surface area contributed by atoms with Crippen molar-refractivity contribution in [1.82, 2.24) is 19.8 Å². The van der Waals surface area contributed by atoms with E-state index in [1.807, 2.05) is 35.4 Å². The highest BCUT2D eigenvalue weighted by atomic mass is 16.2. The van der Waals surface area contributed by atoms with E-state index >= 15 is 0 Å². The molecule has 1 saturated heterocycles. The van der Waals surface area contributed by atoms with Gasteiger partial charge in [-0.3, -0.25) is 14.7 Å². The third-order valence-corrected chi connectivity index (χ3v) is 4.80. The molecular weight excluding hydrogens is 314 g/mol. The number of nitrogens with zero attached hydrogens (tertiary/aromatic N) is 4. The number of H-pyrrole nitrogens is 1. The predicted molar refractivity (Wildman–Crippen MR) is 94.8 cm³/mol. The van der Waals surface area contributed by atoms with E-state index in [0.29, 0.717) is 17.3 Å². The Bertz CT molecular complexity index is 749. The number of hydrogen-bond acceptors (Lipinski definition) is 4. The van der Waals surface area contributed by atoms with Gasteiger partial charge in [0.2, 0.25) is 0 Å². The highest BCUT2D eigenvalue weighted by Gasteiger charge is 2.24. The average Bonchev–Trinajstić information content (AvgIpc) is 2.98. The van der Waals surface area contributed by atoms with Gasteiger partial charge < -0.3 is 9.88 Å². The number of hydrogen-bond donors (Lipinski definition) is 1. The van der Waals surface area contributed by atoms with Crippen molar-refractivity contribution in [2.75, 3.05) is 20.1 Å². The van der Waals surface area contributed by atoms with Gasteiger partial charge in [-0.05, 0) is 44.5 Å². The molecule has 1 atom stereocenters. The Hall–Kier alpha value is -2.65. The molecule has 1 aliphatic heterocycles. The summed E-state index contributed by atoms with van der Waals surface area (Å²) in [6.45, 7) is 2.33. The van der Waals surface area contributed by atoms with Crippen LogP contribution in [0.15, 0.2) is 36.7 Å². The molecule has 0 aliphatic carbocycles. The van der Waals surface area contributed by atoms with E-state index in [1.54, 1.807) is 12.3 Å². The lowest BCUT2D eigenvalue weighted by atomic mass is 10.1. The predicted octanol–water partition coefficient (Wildman–Crippen LogP) is 2.41. The molecule has 3 heterocycles. The normalized spacial score (nSPS) is 18.0. The Kier molecular flexibility index (Phi) is 5.46. The van der Waals surface area contributed by atoms with Crippen molar-refractivity contribution in [2.24, 2.45) is 0 Å². The fourth-order valence-corrected chi connectivity index (χ4v) is 3.36. The highest BCUT2D eigenvalue weighted by molar-refractivity contribution is 5.94. The van der Waals surface area contributed by atoms with Crippen molar-refractivity contribution in [3.05, 3.63) is 53.6 Å². The summed E-state index contributed by atoms with van der Waals surface area (Å²) in [4.78, 5) is 24.1. The quantitative estimate of drug-likeness (QED) is 0.929. The number of nitrogens with one attached hydrogen (secondary N) is 1. The van der Waals surface area contributed by atoms with Crippen molar-refractivity contribution >= 4 is 5.91 Å². The minimum absolute atomic E-state index is 0.00535. The first-order chi connectivity index (χ1) is 12.2. The van der Waals surface area contributed by atoms with Crippen LogP contribution in [-0.4, -0.2) is 51.9 Å². The molecule has 0 saturated carbocycles. The molecule has 6 nitrogen and oxygen atoms in total. The minimum Gasteiger partial charge on any atom is -0.352 e. The fraction of sp³-hybridized carbons (Fsp3) is 0.421. The number of carbonyl (C=O) groups excluding carboxylic acids is 1. The highest BCUT2D eigenvalue weighted by Crippen LogP contribution is 2.19. The van der Waals surface area contributed by atoms with E-state index < -0.39 is 0 Å². The van der Waals surface area contributed by atoms with Crippen LogP contribution in [0.25, 0.3) is 0 Å². The summed E-state index contributed by atoms with van der Waals surface area (Å²) in [6, 6.07) is 10.1. The Labute approximate surface area is 148 Å². The number of amides is 1. The molecule has 1 unspecified atom stereocenters. The van der Waals surface area contributed by atoms with Crippen LogP contribution < -0.4 is 0 Å². The van der Waals surface area contributed by atoms with Crippen molar-refractivity contribution < 1.29 is 4.79 Å². The van der Waals surface area contributed by atoms with E-state index in [9.17, 15) is 4.79 Å². The van der Waals surface area contributed by atoms with Crippen LogP contribution >= 0.6 is 0 Å². The van der Waals surface area contributed by atoms with Crippen molar-refractivity contribution in [2.45, 2.75) is 31.8 Å². The molecule has 2 aromatic heterocycles. The molecule has 0 aromatic carbocycles. The second-order valence-electron chi connectivity index (χ2n) is 6.53. The number of carbonyl (C=O) groups is 1. The zero-order valence-corrected chi connectivity index (χ0v) is 14.5. The maximum Gasteiger partial charge on any atom is 0.255 e. The Morgan fingerprint density at radius 1 is 1.44 bits per heavy atom. The summed E-state index contributed by atoms with van der Waals surface area (Å²) in [5.74, 6) is 0.00535. The van der Waals surface area contributed by atoms with E-state index in [-0.39, 0.29) is 5.91 Å². The summed E-state index contributed by atoms with van der Waals surface area (Å²) < 4.78 is 0. The number of nitriles is 1. The molecule has 1 N–H and O–H groups in total. The molecule has 3 rings (SSSR count). The third kappa shape index (κ3) is 4.25. The Morgan fingerprint density at radius 2 is 2.32 bits per heavy atom. The van der Waals surface area contributed by atoms with Crippen LogP contribution in [-0.2, 0) is 6.54 Å². The molecule has 6 heteroatoms. The average molecular weight is 337 g/mol. The number of aromatic nitrogens is 2. The first-order valence-electron chi connectivity index (χ1n) is 8.65. The topological polar surface area (TPSA) is 76.0 Å². The maximum atomic E-state index is 12.6. The first-order valence-corrected chi connectivity index (χ1v) is 8.65. The molecule has 130 valence electrons. The van der Waals surface area contributed by atoms with Gasteiger partial charge in [-0.25, -0.2) is 0 Å². The van der Waals surface area contributed by atoms with E-state index in [2.05, 4.69) is 21.9 Å². The van der Waals surface area contributed by atoms with Crippen LogP contribution in [0.4, 0.5) is 0 Å². The monoisotopic (exact) mass is 337 g/mol. The molecule has 1 aliphatic rings. The van der Waals surface area contributed by atoms with Gasteiger partial charge in [0.15, 0.2) is 0 Å². The number of likely N-dealkylation sites (tertiary alicyclic amines) is 1. The maximum absolute atomic E-state index is 12.6. The molecule has 0 spiro atoms. The summed E-state index contributed by atoms with van der Waals surface area (Å²) in [5.41, 5.74) is 2.06. The first kappa shape index (κ1) is 17.2. The number of rotatable bonds is 4. The van der Waals surface area contributed by atoms with Gasteiger partial charge in [-0.2, -0.15) is 5.26 Å². The fourth-order valence-electron chi connectivity index (χ4n) is 3.36. The van der Waals surface area contributed by atoms with Crippen LogP contribution in [0.1, 0.15) is 41.0 Å². The van der Waals surface area contributed by atoms with Gasteiger partial charge in [0.1, 0.15) is 11.8 Å². The lowest BCUT2D eigenvalue weighted by molar-refractivity contribution is 0.0757. The minimum atomic E-state index is 0.00535. The van der Waals surface area contributed by atoms with Crippen molar-refractivity contribution in [3.8, 4) is 6.07 Å². The number of aromatic amines is 1. The molecular formula is C19H23N5O. The van der Waals surface area contributed by atoms with Gasteiger partial charge in [0.25, 0.3) is 5.91 Å². The van der Waals surface area contributed by atoms with Crippen molar-refractivity contribution in [1.29, 1.82) is 5.26 Å². The lowest BCUT2D eigenvalue weighted by Crippen LogP contribution is -2.34. The summed E-state index contributed by atoms with van der Waals surface area (Å²) in [6.07, 6.45) is 6.45. The van der Waals surface area contributed by atoms with Gasteiger partial charge in [0, 0.05) is 38.1 Å². The van der Waals surface area contributed by atoms with E-state index in [0.717, 1.165) is 44.6 Å². The van der Waals surface area contributed by atoms with Gasteiger partial charge >= 0.3 is 0 Å². The SMILES string of the molecule is CN(Cc1ccccn1)C1CCCN(C(=O)c2c[nH]c(C#N)c2)CC1. The van der Waals surface area contributed by atoms with E-state index in [1.165, 1.54) is 0 Å². The van der Waals surface area contributed by atoms with Crippen LogP contribution in [0.2, 0.25) is 0 Å². The van der Waals surface area contributed by atoms with Gasteiger partial charge in [0.05, 0.1) is 11.3 Å². The standard InChI is InChI=1S/C19H23N5O/c1-23(14-16-5-2-3-8-21-16)18-6-4-9-24(10-7-18)19(25)15-11-17(12-20)22-13-15/h2-3,5,8,11,13,18,22H,4,6-7,9-10,14H2,1H3. The zero-order valence-electron chi connectivity index (χ0n) is 14.5. The van der Waals surface area contributed by atoms with Crippen molar-refractivity contribution in [3.63, 3.8) is 0 Å². The van der Waals surface area contributed by atoms with E-state index in [4.69, 9.17) is 5.26 Å². The third-order valence-electron chi connectivity index (χ3n) is 4.80. The molecule has 1 fully saturated rings.